The Hall–Kier alpha value is -1.99. The second-order valence-electron chi connectivity index (χ2n) is 8.72. The van der Waals surface area contributed by atoms with Gasteiger partial charge in [-0.25, -0.2) is 4.79 Å². The molecule has 1 fully saturated rings. The summed E-state index contributed by atoms with van der Waals surface area (Å²) in [6, 6.07) is 6.99. The molecule has 1 aliphatic rings. The van der Waals surface area contributed by atoms with Gasteiger partial charge in [0, 0.05) is 40.3 Å². The van der Waals surface area contributed by atoms with Crippen LogP contribution in [0.25, 0.3) is 0 Å². The zero-order chi connectivity index (χ0) is 21.2. The van der Waals surface area contributed by atoms with Crippen molar-refractivity contribution in [1.82, 2.24) is 15.2 Å². The maximum absolute atomic E-state index is 13.4. The number of hydrogen-bond acceptors (Lipinski definition) is 4. The highest BCUT2D eigenvalue weighted by atomic mass is 32.1. The van der Waals surface area contributed by atoms with E-state index in [0.29, 0.717) is 0 Å². The van der Waals surface area contributed by atoms with Crippen LogP contribution in [0.4, 0.5) is 9.18 Å². The first-order valence-corrected chi connectivity index (χ1v) is 10.9. The monoisotopic (exact) mass is 418 g/mol. The van der Waals surface area contributed by atoms with E-state index in [-0.39, 0.29) is 22.1 Å². The molecule has 0 bridgehead atoms. The molecule has 0 radical (unpaired) electrons. The number of nitrogens with one attached hydrogen (secondary N) is 1. The van der Waals surface area contributed by atoms with Gasteiger partial charge in [0.15, 0.2) is 5.13 Å². The summed E-state index contributed by atoms with van der Waals surface area (Å²) in [5, 5.41) is 2.76. The lowest BCUT2D eigenvalue weighted by Gasteiger charge is -2.40. The standard InChI is InChI=1S/C22H31FN4OS/c1-15-5-6-17(13-25-15)21(3,4)27-12-11-22(14-27,16(2)26-20(24)28)10-9-18-7-8-19(23)29-18/h5-8,13,16H,9-12,14H2,1-4H3,(H3,24,26,28)/t16-,22?/m0/s1. The van der Waals surface area contributed by atoms with Gasteiger partial charge in [-0.2, -0.15) is 4.39 Å². The largest absolute Gasteiger partial charge is 0.352 e. The van der Waals surface area contributed by atoms with Gasteiger partial charge >= 0.3 is 6.03 Å². The molecule has 1 unspecified atom stereocenters. The first-order chi connectivity index (χ1) is 13.6. The number of nitrogens with zero attached hydrogens (tertiary/aromatic N) is 2. The maximum atomic E-state index is 13.4. The summed E-state index contributed by atoms with van der Waals surface area (Å²) in [6.07, 6.45) is 4.56. The third-order valence-electron chi connectivity index (χ3n) is 6.57. The smallest absolute Gasteiger partial charge is 0.312 e. The summed E-state index contributed by atoms with van der Waals surface area (Å²) in [7, 11) is 0. The number of carbonyl (C=O) groups excluding carboxylic acids is 1. The molecule has 3 heterocycles. The number of carbonyl (C=O) groups is 1. The zero-order valence-electron chi connectivity index (χ0n) is 17.7. The van der Waals surface area contributed by atoms with Crippen molar-refractivity contribution in [3.8, 4) is 0 Å². The van der Waals surface area contributed by atoms with E-state index in [9.17, 15) is 9.18 Å². The molecule has 2 aromatic heterocycles. The number of thiophene rings is 1. The number of hydrogen-bond donors (Lipinski definition) is 2. The van der Waals surface area contributed by atoms with E-state index < -0.39 is 6.03 Å². The third kappa shape index (κ3) is 4.78. The Morgan fingerprint density at radius 1 is 1.41 bits per heavy atom. The SMILES string of the molecule is Cc1ccc(C(C)(C)N2CCC(CCc3ccc(F)s3)([C@H](C)NC(N)=O)C2)cn1. The second-order valence-corrected chi connectivity index (χ2v) is 9.84. The molecule has 1 aliphatic heterocycles. The van der Waals surface area contributed by atoms with Crippen molar-refractivity contribution in [1.29, 1.82) is 0 Å². The molecular weight excluding hydrogens is 387 g/mol. The first-order valence-electron chi connectivity index (χ1n) is 10.1. The van der Waals surface area contributed by atoms with E-state index >= 15 is 0 Å². The Morgan fingerprint density at radius 3 is 2.76 bits per heavy atom. The number of aromatic nitrogens is 1. The Bertz CT molecular complexity index is 851. The van der Waals surface area contributed by atoms with Crippen LogP contribution in [0.15, 0.2) is 30.5 Å². The zero-order valence-corrected chi connectivity index (χ0v) is 18.5. The highest BCUT2D eigenvalue weighted by Crippen LogP contribution is 2.43. The molecule has 7 heteroatoms. The molecule has 29 heavy (non-hydrogen) atoms. The van der Waals surface area contributed by atoms with Crippen LogP contribution < -0.4 is 11.1 Å². The van der Waals surface area contributed by atoms with Crippen LogP contribution >= 0.6 is 11.3 Å². The van der Waals surface area contributed by atoms with Gasteiger partial charge in [0.05, 0.1) is 0 Å². The van der Waals surface area contributed by atoms with Crippen LogP contribution in [0.5, 0.6) is 0 Å². The highest BCUT2D eigenvalue weighted by Gasteiger charge is 2.46. The number of pyridine rings is 1. The Kier molecular flexibility index (Phi) is 6.29. The molecule has 0 saturated carbocycles. The van der Waals surface area contributed by atoms with E-state index in [4.69, 9.17) is 5.73 Å². The van der Waals surface area contributed by atoms with Crippen molar-refractivity contribution in [3.63, 3.8) is 0 Å². The van der Waals surface area contributed by atoms with Crippen LogP contribution in [0, 0.1) is 17.5 Å². The summed E-state index contributed by atoms with van der Waals surface area (Å²) in [5.74, 6) is 0. The average Bonchev–Trinajstić information content (AvgIpc) is 3.27. The number of rotatable bonds is 7. The van der Waals surface area contributed by atoms with E-state index in [2.05, 4.69) is 35.1 Å². The van der Waals surface area contributed by atoms with Crippen LogP contribution in [-0.2, 0) is 12.0 Å². The molecule has 1 saturated heterocycles. The number of likely N-dealkylation sites (tertiary alicyclic amines) is 1. The summed E-state index contributed by atoms with van der Waals surface area (Å²) in [6.45, 7) is 10.2. The first kappa shape index (κ1) is 21.7. The van der Waals surface area contributed by atoms with Crippen molar-refractivity contribution in [2.45, 2.75) is 58.5 Å². The summed E-state index contributed by atoms with van der Waals surface area (Å²) >= 11 is 1.20. The Balaban J connectivity index is 1.81. The fourth-order valence-electron chi connectivity index (χ4n) is 4.38. The molecule has 2 amide bonds. The minimum atomic E-state index is -0.500. The van der Waals surface area contributed by atoms with Gasteiger partial charge in [0.25, 0.3) is 0 Å². The van der Waals surface area contributed by atoms with Crippen LogP contribution in [0.2, 0.25) is 0 Å². The summed E-state index contributed by atoms with van der Waals surface area (Å²) < 4.78 is 13.4. The number of amides is 2. The Labute approximate surface area is 176 Å². The summed E-state index contributed by atoms with van der Waals surface area (Å²) in [4.78, 5) is 19.5. The predicted molar refractivity (Wildman–Crippen MR) is 115 cm³/mol. The van der Waals surface area contributed by atoms with Gasteiger partial charge in [0.1, 0.15) is 0 Å². The minimum absolute atomic E-state index is 0.0678. The molecule has 158 valence electrons. The van der Waals surface area contributed by atoms with Gasteiger partial charge in [-0.1, -0.05) is 6.07 Å². The molecule has 0 spiro atoms. The number of halogens is 1. The lowest BCUT2D eigenvalue weighted by molar-refractivity contribution is 0.113. The van der Waals surface area contributed by atoms with E-state index in [0.717, 1.165) is 42.9 Å². The fourth-order valence-corrected chi connectivity index (χ4v) is 5.11. The maximum Gasteiger partial charge on any atom is 0.312 e. The molecule has 3 rings (SSSR count). The van der Waals surface area contributed by atoms with Crippen molar-refractivity contribution in [2.24, 2.45) is 11.1 Å². The number of nitrogens with two attached hydrogens (primary N) is 1. The molecular formula is C22H31FN4OS. The van der Waals surface area contributed by atoms with Gasteiger partial charge in [-0.15, -0.1) is 11.3 Å². The van der Waals surface area contributed by atoms with Crippen molar-refractivity contribution in [3.05, 3.63) is 51.7 Å². The van der Waals surface area contributed by atoms with Gasteiger partial charge in [0.2, 0.25) is 0 Å². The van der Waals surface area contributed by atoms with Crippen molar-refractivity contribution in [2.75, 3.05) is 13.1 Å². The fraction of sp³-hybridized carbons (Fsp3) is 0.545. The van der Waals surface area contributed by atoms with Crippen molar-refractivity contribution < 1.29 is 9.18 Å². The quantitative estimate of drug-likeness (QED) is 0.708. The third-order valence-corrected chi connectivity index (χ3v) is 7.50. The lowest BCUT2D eigenvalue weighted by Crippen LogP contribution is -2.50. The highest BCUT2D eigenvalue weighted by molar-refractivity contribution is 7.10. The Morgan fingerprint density at radius 2 is 2.17 bits per heavy atom. The van der Waals surface area contributed by atoms with Crippen LogP contribution in [-0.4, -0.2) is 35.0 Å². The van der Waals surface area contributed by atoms with E-state index in [1.165, 1.54) is 23.0 Å². The van der Waals surface area contributed by atoms with Crippen molar-refractivity contribution >= 4 is 17.4 Å². The van der Waals surface area contributed by atoms with E-state index in [1.54, 1.807) is 0 Å². The van der Waals surface area contributed by atoms with Gasteiger partial charge in [-0.05, 0) is 77.3 Å². The lowest BCUT2D eigenvalue weighted by atomic mass is 9.75. The molecule has 0 aromatic carbocycles. The van der Waals surface area contributed by atoms with Crippen LogP contribution in [0.1, 0.15) is 49.7 Å². The van der Waals surface area contributed by atoms with Gasteiger partial charge in [-0.3, -0.25) is 9.88 Å². The summed E-state index contributed by atoms with van der Waals surface area (Å²) in [5.41, 5.74) is 7.32. The van der Waals surface area contributed by atoms with E-state index in [1.807, 2.05) is 32.2 Å². The second kappa shape index (κ2) is 8.40. The van der Waals surface area contributed by atoms with Crippen LogP contribution in [0.3, 0.4) is 0 Å². The molecule has 5 nitrogen and oxygen atoms in total. The number of urea groups is 1. The number of aryl methyl sites for hydroxylation is 2. The average molecular weight is 419 g/mol. The normalized spacial score (nSPS) is 21.3. The number of primary amides is 1. The van der Waals surface area contributed by atoms with Gasteiger partial charge < -0.3 is 11.1 Å². The molecule has 3 N–H and O–H groups in total. The molecule has 2 atom stereocenters. The minimum Gasteiger partial charge on any atom is -0.352 e. The predicted octanol–water partition coefficient (Wildman–Crippen LogP) is 4.21. The molecule has 2 aromatic rings. The molecule has 0 aliphatic carbocycles. The topological polar surface area (TPSA) is 71.2 Å².